The summed E-state index contributed by atoms with van der Waals surface area (Å²) in [6.45, 7) is 3.73. The van der Waals surface area contributed by atoms with Gasteiger partial charge in [0.05, 0.1) is 5.52 Å². The van der Waals surface area contributed by atoms with Crippen LogP contribution in [-0.2, 0) is 6.54 Å². The van der Waals surface area contributed by atoms with E-state index >= 15 is 0 Å². The molecule has 0 aliphatic carbocycles. The zero-order valence-electron chi connectivity index (χ0n) is 19.7. The molecular weight excluding hydrogens is 457 g/mol. The highest BCUT2D eigenvalue weighted by molar-refractivity contribution is 5.96. The molecular formula is C28H22FN5O2. The smallest absolute Gasteiger partial charge is 0.251 e. The van der Waals surface area contributed by atoms with Crippen LogP contribution in [0.2, 0.25) is 0 Å². The van der Waals surface area contributed by atoms with Gasteiger partial charge in [-0.25, -0.2) is 15.0 Å². The summed E-state index contributed by atoms with van der Waals surface area (Å²) in [7, 11) is 0. The summed E-state index contributed by atoms with van der Waals surface area (Å²) in [4.78, 5) is 29.3. The fourth-order valence-electron chi connectivity index (χ4n) is 4.00. The third kappa shape index (κ3) is 4.88. The molecule has 5 rings (SSSR count). The van der Waals surface area contributed by atoms with E-state index in [0.717, 1.165) is 22.0 Å². The van der Waals surface area contributed by atoms with E-state index in [9.17, 15) is 9.18 Å². The lowest BCUT2D eigenvalue weighted by Crippen LogP contribution is -2.24. The molecule has 1 N–H and O–H groups in total. The molecule has 1 amide bonds. The summed E-state index contributed by atoms with van der Waals surface area (Å²) in [5.74, 6) is 0.336. The van der Waals surface area contributed by atoms with Crippen molar-refractivity contribution in [2.75, 3.05) is 0 Å². The molecule has 0 fully saturated rings. The molecule has 0 aliphatic rings. The first-order valence-corrected chi connectivity index (χ1v) is 11.3. The third-order valence-electron chi connectivity index (χ3n) is 5.78. The number of carbonyl (C=O) groups is 1. The highest BCUT2D eigenvalue weighted by Gasteiger charge is 2.15. The number of hydrogen-bond donors (Lipinski definition) is 1. The van der Waals surface area contributed by atoms with Crippen LogP contribution in [0.4, 0.5) is 4.39 Å². The quantitative estimate of drug-likeness (QED) is 0.321. The molecule has 5 aromatic rings. The number of aryl methyl sites for hydroxylation is 1. The summed E-state index contributed by atoms with van der Waals surface area (Å²) >= 11 is 0. The lowest BCUT2D eigenvalue weighted by molar-refractivity contribution is 0.0950. The molecule has 0 bridgehead atoms. The van der Waals surface area contributed by atoms with Crippen LogP contribution in [0.5, 0.6) is 11.5 Å². The van der Waals surface area contributed by atoms with Crippen molar-refractivity contribution >= 4 is 16.8 Å². The Kier molecular flexibility index (Phi) is 6.32. The number of amides is 1. The zero-order valence-corrected chi connectivity index (χ0v) is 19.7. The van der Waals surface area contributed by atoms with Crippen molar-refractivity contribution in [2.24, 2.45) is 0 Å². The number of ether oxygens (including phenoxy) is 1. The van der Waals surface area contributed by atoms with E-state index in [1.165, 1.54) is 12.4 Å². The summed E-state index contributed by atoms with van der Waals surface area (Å²) in [6.07, 6.45) is 6.68. The van der Waals surface area contributed by atoms with Crippen molar-refractivity contribution in [3.8, 4) is 22.6 Å². The predicted octanol–water partition coefficient (Wildman–Crippen LogP) is 5.57. The van der Waals surface area contributed by atoms with E-state index < -0.39 is 5.95 Å². The fourth-order valence-corrected chi connectivity index (χ4v) is 4.00. The molecule has 3 heterocycles. The van der Waals surface area contributed by atoms with Gasteiger partial charge in [-0.3, -0.25) is 9.78 Å². The lowest BCUT2D eigenvalue weighted by Gasteiger charge is -2.14. The first-order chi connectivity index (χ1) is 17.5. The van der Waals surface area contributed by atoms with Gasteiger partial charge >= 0.3 is 0 Å². The number of hydrogen-bond acceptors (Lipinski definition) is 6. The molecule has 7 nitrogen and oxygen atoms in total. The van der Waals surface area contributed by atoms with E-state index in [1.807, 2.05) is 31.2 Å². The van der Waals surface area contributed by atoms with Crippen LogP contribution in [0.15, 0.2) is 79.5 Å². The van der Waals surface area contributed by atoms with Crippen molar-refractivity contribution in [2.45, 2.75) is 20.4 Å². The van der Waals surface area contributed by atoms with E-state index in [-0.39, 0.29) is 12.5 Å². The Labute approximate surface area is 207 Å². The maximum Gasteiger partial charge on any atom is 0.251 e. The van der Waals surface area contributed by atoms with Gasteiger partial charge in [-0.2, -0.15) is 4.39 Å². The molecule has 2 aromatic carbocycles. The first-order valence-electron chi connectivity index (χ1n) is 11.3. The van der Waals surface area contributed by atoms with Gasteiger partial charge in [0, 0.05) is 52.9 Å². The molecule has 0 spiro atoms. The van der Waals surface area contributed by atoms with Crippen molar-refractivity contribution in [1.29, 1.82) is 0 Å². The standard InChI is InChI=1S/C28H22FN5O2/c1-17-10-19(11-27(29)34-17)13-33-28(35)22-4-3-5-25(18(22)2)36-26-8-9-32-24-12-20(6-7-23(24)26)21-14-30-16-31-15-21/h3-12,14-16H,13H2,1-2H3,(H,33,35). The minimum atomic E-state index is -0.570. The molecule has 36 heavy (non-hydrogen) atoms. The maximum absolute atomic E-state index is 13.6. The van der Waals surface area contributed by atoms with E-state index in [1.54, 1.807) is 49.8 Å². The number of pyridine rings is 2. The van der Waals surface area contributed by atoms with Crippen molar-refractivity contribution in [1.82, 2.24) is 25.3 Å². The summed E-state index contributed by atoms with van der Waals surface area (Å²) in [5.41, 5.74) is 4.97. The van der Waals surface area contributed by atoms with Crippen molar-refractivity contribution in [3.05, 3.63) is 108 Å². The Balaban J connectivity index is 1.38. The Morgan fingerprint density at radius 1 is 0.972 bits per heavy atom. The van der Waals surface area contributed by atoms with Gasteiger partial charge in [0.25, 0.3) is 5.91 Å². The Morgan fingerprint density at radius 3 is 2.61 bits per heavy atom. The summed E-state index contributed by atoms with van der Waals surface area (Å²) < 4.78 is 19.8. The van der Waals surface area contributed by atoms with Crippen LogP contribution < -0.4 is 10.1 Å². The fraction of sp³-hybridized carbons (Fsp3) is 0.107. The van der Waals surface area contributed by atoms with E-state index in [0.29, 0.717) is 33.9 Å². The number of halogens is 1. The number of aromatic nitrogens is 4. The van der Waals surface area contributed by atoms with Crippen molar-refractivity contribution in [3.63, 3.8) is 0 Å². The van der Waals surface area contributed by atoms with Gasteiger partial charge in [0.15, 0.2) is 0 Å². The summed E-state index contributed by atoms with van der Waals surface area (Å²) in [5, 5.41) is 3.68. The van der Waals surface area contributed by atoms with Crippen molar-refractivity contribution < 1.29 is 13.9 Å². The second kappa shape index (κ2) is 9.87. The van der Waals surface area contributed by atoms with E-state index in [4.69, 9.17) is 4.74 Å². The molecule has 0 saturated carbocycles. The number of fused-ring (bicyclic) bond motifs is 1. The molecule has 178 valence electrons. The molecule has 0 unspecified atom stereocenters. The van der Waals surface area contributed by atoms with Crippen LogP contribution in [0.25, 0.3) is 22.0 Å². The minimum absolute atomic E-state index is 0.188. The van der Waals surface area contributed by atoms with Gasteiger partial charge < -0.3 is 10.1 Å². The van der Waals surface area contributed by atoms with Crippen LogP contribution in [-0.4, -0.2) is 25.8 Å². The highest BCUT2D eigenvalue weighted by atomic mass is 19.1. The van der Waals surface area contributed by atoms with Gasteiger partial charge in [-0.15, -0.1) is 0 Å². The average molecular weight is 480 g/mol. The summed E-state index contributed by atoms with van der Waals surface area (Å²) in [6, 6.07) is 16.0. The van der Waals surface area contributed by atoms with Gasteiger partial charge in [0.1, 0.15) is 17.8 Å². The monoisotopic (exact) mass is 479 g/mol. The van der Waals surface area contributed by atoms with E-state index in [2.05, 4.69) is 25.3 Å². The minimum Gasteiger partial charge on any atom is -0.456 e. The first kappa shape index (κ1) is 23.0. The van der Waals surface area contributed by atoms with Gasteiger partial charge in [0.2, 0.25) is 5.95 Å². The number of benzene rings is 2. The molecule has 0 aliphatic heterocycles. The topological polar surface area (TPSA) is 89.9 Å². The molecule has 0 atom stereocenters. The normalized spacial score (nSPS) is 10.9. The van der Waals surface area contributed by atoms with Gasteiger partial charge in [-0.1, -0.05) is 12.1 Å². The van der Waals surface area contributed by atoms with Crippen LogP contribution in [0.1, 0.15) is 27.2 Å². The largest absolute Gasteiger partial charge is 0.456 e. The third-order valence-corrected chi connectivity index (χ3v) is 5.78. The second-order valence-corrected chi connectivity index (χ2v) is 8.32. The van der Waals surface area contributed by atoms with Crippen LogP contribution in [0.3, 0.4) is 0 Å². The Morgan fingerprint density at radius 2 is 1.81 bits per heavy atom. The molecule has 3 aromatic heterocycles. The number of nitrogens with one attached hydrogen (secondary N) is 1. The van der Waals surface area contributed by atoms with Crippen LogP contribution >= 0.6 is 0 Å². The van der Waals surface area contributed by atoms with Crippen LogP contribution in [0, 0.1) is 19.8 Å². The second-order valence-electron chi connectivity index (χ2n) is 8.32. The SMILES string of the molecule is Cc1cc(CNC(=O)c2cccc(Oc3ccnc4cc(-c5cncnc5)ccc34)c2C)cc(F)n1. The molecule has 0 radical (unpaired) electrons. The average Bonchev–Trinajstić information content (AvgIpc) is 2.88. The Hall–Kier alpha value is -4.72. The van der Waals surface area contributed by atoms with Gasteiger partial charge in [-0.05, 0) is 67.4 Å². The lowest BCUT2D eigenvalue weighted by atomic mass is 10.1. The zero-order chi connectivity index (χ0) is 25.1. The molecule has 0 saturated heterocycles. The number of rotatable bonds is 6. The highest BCUT2D eigenvalue weighted by Crippen LogP contribution is 2.33. The Bertz CT molecular complexity index is 1550. The number of nitrogens with zero attached hydrogens (tertiary/aromatic N) is 4. The number of carbonyl (C=O) groups excluding carboxylic acids is 1. The maximum atomic E-state index is 13.6. The molecule has 8 heteroatoms. The predicted molar refractivity (Wildman–Crippen MR) is 134 cm³/mol.